The Balaban J connectivity index is 1.46. The second-order valence-electron chi connectivity index (χ2n) is 7.95. The minimum absolute atomic E-state index is 0.0267. The molecule has 152 valence electrons. The molecule has 8 nitrogen and oxygen atoms in total. The lowest BCUT2D eigenvalue weighted by atomic mass is 9.78. The number of aromatic nitrogens is 2. The second kappa shape index (κ2) is 8.06. The predicted octanol–water partition coefficient (Wildman–Crippen LogP) is 2.65. The summed E-state index contributed by atoms with van der Waals surface area (Å²) in [5.74, 6) is 0.453. The maximum atomic E-state index is 11.6. The number of hydrogen-bond donors (Lipinski definition) is 4. The van der Waals surface area contributed by atoms with E-state index in [0.29, 0.717) is 29.3 Å². The lowest BCUT2D eigenvalue weighted by Crippen LogP contribution is -2.27. The Morgan fingerprint density at radius 1 is 1.03 bits per heavy atom. The third-order valence-corrected chi connectivity index (χ3v) is 5.69. The van der Waals surface area contributed by atoms with Crippen molar-refractivity contribution in [2.45, 2.75) is 50.5 Å². The number of primary amides is 2. The Kier molecular flexibility index (Phi) is 5.33. The van der Waals surface area contributed by atoms with E-state index < -0.39 is 5.91 Å². The van der Waals surface area contributed by atoms with Gasteiger partial charge < -0.3 is 22.1 Å². The van der Waals surface area contributed by atoms with Gasteiger partial charge in [0.25, 0.3) is 5.91 Å². The van der Waals surface area contributed by atoms with Gasteiger partial charge in [0.15, 0.2) is 0 Å². The third kappa shape index (κ3) is 4.64. The van der Waals surface area contributed by atoms with Crippen LogP contribution in [0, 0.1) is 5.92 Å². The predicted molar refractivity (Wildman–Crippen MR) is 111 cm³/mol. The molecule has 1 aromatic heterocycles. The molecule has 2 saturated carbocycles. The van der Waals surface area contributed by atoms with Crippen molar-refractivity contribution in [3.8, 4) is 0 Å². The van der Waals surface area contributed by atoms with Gasteiger partial charge in [-0.15, -0.1) is 0 Å². The molecule has 8 heteroatoms. The number of carbonyl (C=O) groups is 2. The van der Waals surface area contributed by atoms with Crippen LogP contribution < -0.4 is 22.1 Å². The highest BCUT2D eigenvalue weighted by Gasteiger charge is 2.27. The van der Waals surface area contributed by atoms with Crippen LogP contribution in [0.1, 0.15) is 60.4 Å². The molecule has 0 radical (unpaired) electrons. The lowest BCUT2D eigenvalue weighted by Gasteiger charge is -2.27. The van der Waals surface area contributed by atoms with Crippen LogP contribution in [-0.2, 0) is 4.79 Å². The van der Waals surface area contributed by atoms with Gasteiger partial charge in [-0.05, 0) is 55.7 Å². The fourth-order valence-corrected chi connectivity index (χ4v) is 3.87. The summed E-state index contributed by atoms with van der Waals surface area (Å²) in [7, 11) is 0. The Morgan fingerprint density at radius 3 is 2.45 bits per heavy atom. The van der Waals surface area contributed by atoms with Crippen LogP contribution in [0.2, 0.25) is 0 Å². The van der Waals surface area contributed by atoms with Gasteiger partial charge in [0.2, 0.25) is 11.9 Å². The molecular weight excluding hydrogens is 368 g/mol. The van der Waals surface area contributed by atoms with E-state index in [-0.39, 0.29) is 11.8 Å². The van der Waals surface area contributed by atoms with Crippen molar-refractivity contribution in [1.29, 1.82) is 0 Å². The SMILES string of the molecule is NC(=O)c1cnc(Nc2ccc(C3CCC[C@@H](C(N)=O)C3)cc2)nc1NC1CC1. The lowest BCUT2D eigenvalue weighted by molar-refractivity contribution is -0.122. The summed E-state index contributed by atoms with van der Waals surface area (Å²) in [4.78, 5) is 31.8. The topological polar surface area (TPSA) is 136 Å². The highest BCUT2D eigenvalue weighted by molar-refractivity contribution is 5.97. The number of anilines is 3. The molecule has 1 heterocycles. The van der Waals surface area contributed by atoms with Gasteiger partial charge >= 0.3 is 0 Å². The molecule has 0 spiro atoms. The number of nitrogens with one attached hydrogen (secondary N) is 2. The summed E-state index contributed by atoms with van der Waals surface area (Å²) < 4.78 is 0. The van der Waals surface area contributed by atoms with E-state index in [1.807, 2.05) is 12.1 Å². The molecule has 2 aliphatic carbocycles. The fraction of sp³-hybridized carbons (Fsp3) is 0.429. The molecule has 2 aromatic rings. The van der Waals surface area contributed by atoms with Gasteiger partial charge in [-0.1, -0.05) is 18.6 Å². The normalized spacial score (nSPS) is 21.4. The first kappa shape index (κ1) is 19.2. The summed E-state index contributed by atoms with van der Waals surface area (Å²) in [6.07, 6.45) is 7.37. The summed E-state index contributed by atoms with van der Waals surface area (Å²) in [5, 5.41) is 6.40. The molecule has 2 atom stereocenters. The maximum absolute atomic E-state index is 11.6. The van der Waals surface area contributed by atoms with Crippen LogP contribution >= 0.6 is 0 Å². The van der Waals surface area contributed by atoms with Crippen molar-refractivity contribution in [2.24, 2.45) is 17.4 Å². The Morgan fingerprint density at radius 2 is 1.79 bits per heavy atom. The smallest absolute Gasteiger partial charge is 0.254 e. The van der Waals surface area contributed by atoms with Gasteiger partial charge in [0.05, 0.1) is 5.56 Å². The standard InChI is InChI=1S/C21H26N6O2/c22-18(28)14-3-1-2-13(10-14)12-4-6-16(7-5-12)26-21-24-11-17(19(23)29)20(27-21)25-15-8-9-15/h4-7,11,13-15H,1-3,8-10H2,(H2,22,28)(H2,23,29)(H2,24,25,26,27)/t13?,14-/m1/s1. The zero-order chi connectivity index (χ0) is 20.4. The molecule has 0 saturated heterocycles. The van der Waals surface area contributed by atoms with E-state index in [1.165, 1.54) is 11.8 Å². The zero-order valence-electron chi connectivity index (χ0n) is 16.2. The zero-order valence-corrected chi connectivity index (χ0v) is 16.2. The van der Waals surface area contributed by atoms with Crippen molar-refractivity contribution in [2.75, 3.05) is 10.6 Å². The summed E-state index contributed by atoms with van der Waals surface area (Å²) in [6, 6.07) is 8.43. The first-order valence-electron chi connectivity index (χ1n) is 10.1. The average Bonchev–Trinajstić information content (AvgIpc) is 3.53. The number of nitrogens with zero attached hydrogens (tertiary/aromatic N) is 2. The summed E-state index contributed by atoms with van der Waals surface area (Å²) >= 11 is 0. The van der Waals surface area contributed by atoms with Crippen LogP contribution in [0.3, 0.4) is 0 Å². The van der Waals surface area contributed by atoms with Crippen molar-refractivity contribution in [1.82, 2.24) is 9.97 Å². The van der Waals surface area contributed by atoms with Crippen LogP contribution in [0.15, 0.2) is 30.5 Å². The van der Waals surface area contributed by atoms with Crippen molar-refractivity contribution in [3.05, 3.63) is 41.6 Å². The quantitative estimate of drug-likeness (QED) is 0.570. The summed E-state index contributed by atoms with van der Waals surface area (Å²) in [6.45, 7) is 0. The monoisotopic (exact) mass is 394 g/mol. The number of hydrogen-bond acceptors (Lipinski definition) is 6. The van der Waals surface area contributed by atoms with Gasteiger partial charge in [0, 0.05) is 23.8 Å². The maximum Gasteiger partial charge on any atom is 0.254 e. The number of benzene rings is 1. The largest absolute Gasteiger partial charge is 0.369 e. The Labute approximate surface area is 169 Å². The molecule has 0 aliphatic heterocycles. The third-order valence-electron chi connectivity index (χ3n) is 5.69. The van der Waals surface area contributed by atoms with E-state index in [4.69, 9.17) is 11.5 Å². The molecule has 2 amide bonds. The Bertz CT molecular complexity index is 910. The molecule has 1 aromatic carbocycles. The first-order valence-corrected chi connectivity index (χ1v) is 10.1. The van der Waals surface area contributed by atoms with Gasteiger partial charge in [-0.25, -0.2) is 4.98 Å². The van der Waals surface area contributed by atoms with E-state index in [0.717, 1.165) is 44.2 Å². The van der Waals surface area contributed by atoms with E-state index in [1.54, 1.807) is 0 Å². The van der Waals surface area contributed by atoms with Crippen LogP contribution in [0.5, 0.6) is 0 Å². The highest BCUT2D eigenvalue weighted by Crippen LogP contribution is 2.36. The average molecular weight is 394 g/mol. The minimum Gasteiger partial charge on any atom is -0.369 e. The molecular formula is C21H26N6O2. The minimum atomic E-state index is -0.550. The number of amides is 2. The molecule has 6 N–H and O–H groups in total. The second-order valence-corrected chi connectivity index (χ2v) is 7.95. The van der Waals surface area contributed by atoms with E-state index in [9.17, 15) is 9.59 Å². The molecule has 0 bridgehead atoms. The fourth-order valence-electron chi connectivity index (χ4n) is 3.87. The molecule has 2 aliphatic rings. The van der Waals surface area contributed by atoms with Crippen molar-refractivity contribution < 1.29 is 9.59 Å². The highest BCUT2D eigenvalue weighted by atomic mass is 16.1. The van der Waals surface area contributed by atoms with Crippen molar-refractivity contribution in [3.63, 3.8) is 0 Å². The number of carbonyl (C=O) groups excluding carboxylic acids is 2. The summed E-state index contributed by atoms with van der Waals surface area (Å²) in [5.41, 5.74) is 13.3. The number of nitrogens with two attached hydrogens (primary N) is 2. The molecule has 29 heavy (non-hydrogen) atoms. The molecule has 2 fully saturated rings. The van der Waals surface area contributed by atoms with Gasteiger partial charge in [-0.2, -0.15) is 4.98 Å². The molecule has 4 rings (SSSR count). The van der Waals surface area contributed by atoms with E-state index >= 15 is 0 Å². The first-order chi connectivity index (χ1) is 14.0. The molecule has 1 unspecified atom stereocenters. The Hall–Kier alpha value is -3.16. The van der Waals surface area contributed by atoms with Gasteiger partial charge in [-0.3, -0.25) is 9.59 Å². The van der Waals surface area contributed by atoms with Crippen LogP contribution in [0.25, 0.3) is 0 Å². The van der Waals surface area contributed by atoms with E-state index in [2.05, 4.69) is 32.7 Å². The van der Waals surface area contributed by atoms with Crippen LogP contribution in [-0.4, -0.2) is 27.8 Å². The van der Waals surface area contributed by atoms with Crippen molar-refractivity contribution >= 4 is 29.3 Å². The van der Waals surface area contributed by atoms with Crippen LogP contribution in [0.4, 0.5) is 17.5 Å². The number of rotatable bonds is 7. The van der Waals surface area contributed by atoms with Gasteiger partial charge in [0.1, 0.15) is 5.82 Å².